The molecular weight excluding hydrogens is 374 g/mol. The van der Waals surface area contributed by atoms with Gasteiger partial charge in [-0.2, -0.15) is 0 Å². The molecule has 26 heavy (non-hydrogen) atoms. The van der Waals surface area contributed by atoms with Gasteiger partial charge in [-0.3, -0.25) is 9.59 Å². The summed E-state index contributed by atoms with van der Waals surface area (Å²) in [5, 5.41) is 12.1. The van der Waals surface area contributed by atoms with Crippen molar-refractivity contribution in [3.63, 3.8) is 0 Å². The molecule has 134 valence electrons. The van der Waals surface area contributed by atoms with E-state index in [2.05, 4.69) is 5.32 Å². The maximum absolute atomic E-state index is 12.8. The summed E-state index contributed by atoms with van der Waals surface area (Å²) in [4.78, 5) is 37.2. The second-order valence-electron chi connectivity index (χ2n) is 5.93. The number of nitrogens with one attached hydrogen (secondary N) is 1. The van der Waals surface area contributed by atoms with Crippen LogP contribution in [0.25, 0.3) is 0 Å². The highest BCUT2D eigenvalue weighted by atomic mass is 35.5. The molecule has 1 aliphatic rings. The molecule has 0 radical (unpaired) electrons. The van der Waals surface area contributed by atoms with Gasteiger partial charge in [0.25, 0.3) is 5.91 Å². The monoisotopic (exact) mass is 389 g/mol. The summed E-state index contributed by atoms with van der Waals surface area (Å²) in [6.07, 6.45) is 4.58. The summed E-state index contributed by atoms with van der Waals surface area (Å²) in [7, 11) is 0. The number of amides is 1. The van der Waals surface area contributed by atoms with Crippen LogP contribution in [-0.4, -0.2) is 22.8 Å². The van der Waals surface area contributed by atoms with Crippen LogP contribution in [0, 0.1) is 0 Å². The largest absolute Gasteiger partial charge is 0.478 e. The van der Waals surface area contributed by atoms with Gasteiger partial charge < -0.3 is 10.4 Å². The summed E-state index contributed by atoms with van der Waals surface area (Å²) in [5.74, 6) is -1.77. The highest BCUT2D eigenvalue weighted by molar-refractivity contribution is 7.12. The van der Waals surface area contributed by atoms with E-state index >= 15 is 0 Å². The predicted molar refractivity (Wildman–Crippen MR) is 101 cm³/mol. The lowest BCUT2D eigenvalue weighted by Gasteiger charge is -2.08. The van der Waals surface area contributed by atoms with Gasteiger partial charge in [-0.1, -0.05) is 11.6 Å². The van der Waals surface area contributed by atoms with Crippen molar-refractivity contribution >= 4 is 46.3 Å². The Kier molecular flexibility index (Phi) is 5.54. The van der Waals surface area contributed by atoms with E-state index in [0.717, 1.165) is 41.9 Å². The van der Waals surface area contributed by atoms with Crippen LogP contribution in [0.3, 0.4) is 0 Å². The standard InChI is InChI=1S/C19H16ClNO4S/c20-11-4-6-12(7-5-11)21-19(25)18-14-2-1-3-15(14)26-16(18)10-13(22)8-9-17(23)24/h4-9H,1-3,10H2,(H,21,25)(H,23,24). The van der Waals surface area contributed by atoms with Crippen molar-refractivity contribution in [2.45, 2.75) is 25.7 Å². The van der Waals surface area contributed by atoms with Crippen LogP contribution in [0.4, 0.5) is 5.69 Å². The van der Waals surface area contributed by atoms with Crippen molar-refractivity contribution in [2.75, 3.05) is 5.32 Å². The Morgan fingerprint density at radius 2 is 1.88 bits per heavy atom. The lowest BCUT2D eigenvalue weighted by Crippen LogP contribution is -2.15. The van der Waals surface area contributed by atoms with Crippen LogP contribution < -0.4 is 5.32 Å². The molecule has 1 aliphatic carbocycles. The van der Waals surface area contributed by atoms with Crippen LogP contribution in [0.2, 0.25) is 5.02 Å². The number of benzene rings is 1. The molecule has 0 bridgehead atoms. The number of aliphatic carboxylic acids is 1. The highest BCUT2D eigenvalue weighted by Crippen LogP contribution is 2.36. The van der Waals surface area contributed by atoms with Crippen molar-refractivity contribution in [3.8, 4) is 0 Å². The Morgan fingerprint density at radius 1 is 1.15 bits per heavy atom. The normalized spacial score (nSPS) is 13.0. The maximum atomic E-state index is 12.8. The number of anilines is 1. The van der Waals surface area contributed by atoms with Crippen LogP contribution in [-0.2, 0) is 28.9 Å². The average molecular weight is 390 g/mol. The SMILES string of the molecule is O=C(O)C=CC(=O)Cc1sc2c(c1C(=O)Nc1ccc(Cl)cc1)CCC2. The number of rotatable bonds is 6. The van der Waals surface area contributed by atoms with Gasteiger partial charge in [0.2, 0.25) is 0 Å². The molecular formula is C19H16ClNO4S. The number of fused-ring (bicyclic) bond motifs is 1. The van der Waals surface area contributed by atoms with Crippen LogP contribution in [0.5, 0.6) is 0 Å². The topological polar surface area (TPSA) is 83.5 Å². The number of halogens is 1. The van der Waals surface area contributed by atoms with Gasteiger partial charge in [0, 0.05) is 33.0 Å². The molecule has 1 amide bonds. The van der Waals surface area contributed by atoms with Gasteiger partial charge in [0.05, 0.1) is 5.56 Å². The van der Waals surface area contributed by atoms with E-state index in [4.69, 9.17) is 16.7 Å². The van der Waals surface area contributed by atoms with E-state index in [1.54, 1.807) is 24.3 Å². The number of carboxylic acid groups (broad SMARTS) is 1. The number of aryl methyl sites for hydroxylation is 1. The van der Waals surface area contributed by atoms with Gasteiger partial charge in [0.1, 0.15) is 0 Å². The van der Waals surface area contributed by atoms with Crippen LogP contribution in [0.1, 0.15) is 32.1 Å². The van der Waals surface area contributed by atoms with Gasteiger partial charge in [0.15, 0.2) is 5.78 Å². The molecule has 5 nitrogen and oxygen atoms in total. The fraction of sp³-hybridized carbons (Fsp3) is 0.211. The molecule has 0 unspecified atom stereocenters. The lowest BCUT2D eigenvalue weighted by molar-refractivity contribution is -0.131. The molecule has 3 rings (SSSR count). The van der Waals surface area contributed by atoms with Crippen molar-refractivity contribution in [3.05, 3.63) is 62.3 Å². The van der Waals surface area contributed by atoms with Crippen molar-refractivity contribution in [1.82, 2.24) is 0 Å². The molecule has 1 heterocycles. The van der Waals surface area contributed by atoms with E-state index < -0.39 is 5.97 Å². The molecule has 2 N–H and O–H groups in total. The molecule has 0 fully saturated rings. The van der Waals surface area contributed by atoms with E-state index in [9.17, 15) is 14.4 Å². The third-order valence-electron chi connectivity index (χ3n) is 4.07. The van der Waals surface area contributed by atoms with Crippen LogP contribution >= 0.6 is 22.9 Å². The zero-order chi connectivity index (χ0) is 18.7. The molecule has 7 heteroatoms. The number of hydrogen-bond acceptors (Lipinski definition) is 4. The zero-order valence-electron chi connectivity index (χ0n) is 13.8. The van der Waals surface area contributed by atoms with E-state index in [1.165, 1.54) is 11.3 Å². The molecule has 0 atom stereocenters. The summed E-state index contributed by atoms with van der Waals surface area (Å²) < 4.78 is 0. The molecule has 2 aromatic rings. The first-order valence-corrected chi connectivity index (χ1v) is 9.27. The molecule has 1 aromatic carbocycles. The van der Waals surface area contributed by atoms with E-state index in [1.807, 2.05) is 0 Å². The van der Waals surface area contributed by atoms with Crippen molar-refractivity contribution in [1.29, 1.82) is 0 Å². The third-order valence-corrected chi connectivity index (χ3v) is 5.61. The quantitative estimate of drug-likeness (QED) is 0.734. The van der Waals surface area contributed by atoms with Gasteiger partial charge in [-0.25, -0.2) is 4.79 Å². The number of hydrogen-bond donors (Lipinski definition) is 2. The lowest BCUT2D eigenvalue weighted by atomic mass is 10.0. The summed E-state index contributed by atoms with van der Waals surface area (Å²) >= 11 is 7.33. The maximum Gasteiger partial charge on any atom is 0.328 e. The second kappa shape index (κ2) is 7.85. The Hall–Kier alpha value is -2.44. The average Bonchev–Trinajstić information content (AvgIpc) is 3.15. The first-order chi connectivity index (χ1) is 12.4. The predicted octanol–water partition coefficient (Wildman–Crippen LogP) is 3.89. The zero-order valence-corrected chi connectivity index (χ0v) is 15.3. The first-order valence-electron chi connectivity index (χ1n) is 8.08. The number of ketones is 1. The minimum atomic E-state index is -1.17. The molecule has 0 saturated heterocycles. The summed E-state index contributed by atoms with van der Waals surface area (Å²) in [6.45, 7) is 0. The van der Waals surface area contributed by atoms with E-state index in [-0.39, 0.29) is 18.1 Å². The first kappa shape index (κ1) is 18.4. The summed E-state index contributed by atoms with van der Waals surface area (Å²) in [5.41, 5.74) is 2.18. The van der Waals surface area contributed by atoms with E-state index in [0.29, 0.717) is 21.2 Å². The minimum Gasteiger partial charge on any atom is -0.478 e. The van der Waals surface area contributed by atoms with Gasteiger partial charge in [-0.15, -0.1) is 11.3 Å². The second-order valence-corrected chi connectivity index (χ2v) is 7.56. The number of carbonyl (C=O) groups is 3. The minimum absolute atomic E-state index is 0.0187. The van der Waals surface area contributed by atoms with Crippen molar-refractivity contribution in [2.24, 2.45) is 0 Å². The third kappa shape index (κ3) is 4.20. The molecule has 0 aliphatic heterocycles. The summed E-state index contributed by atoms with van der Waals surface area (Å²) in [6, 6.07) is 6.81. The Bertz CT molecular complexity index is 899. The highest BCUT2D eigenvalue weighted by Gasteiger charge is 2.27. The fourth-order valence-electron chi connectivity index (χ4n) is 2.96. The Labute approximate surface area is 159 Å². The Morgan fingerprint density at radius 3 is 2.58 bits per heavy atom. The molecule has 0 spiro atoms. The fourth-order valence-corrected chi connectivity index (χ4v) is 4.49. The number of carbonyl (C=O) groups excluding carboxylic acids is 2. The molecule has 1 aromatic heterocycles. The van der Waals surface area contributed by atoms with Gasteiger partial charge in [-0.05, 0) is 55.2 Å². The Balaban J connectivity index is 1.85. The van der Waals surface area contributed by atoms with Crippen LogP contribution in [0.15, 0.2) is 36.4 Å². The van der Waals surface area contributed by atoms with Gasteiger partial charge >= 0.3 is 5.97 Å². The number of carboxylic acids is 1. The van der Waals surface area contributed by atoms with Crippen molar-refractivity contribution < 1.29 is 19.5 Å². The number of thiophene rings is 1. The number of allylic oxidation sites excluding steroid dienone is 1. The smallest absolute Gasteiger partial charge is 0.328 e. The molecule has 0 saturated carbocycles.